The molecule has 0 saturated carbocycles. The van der Waals surface area contributed by atoms with Crippen molar-refractivity contribution in [1.29, 1.82) is 0 Å². The van der Waals surface area contributed by atoms with Gasteiger partial charge in [-0.1, -0.05) is 111 Å². The molecule has 0 aliphatic carbocycles. The average molecular weight is 446 g/mol. The zero-order chi connectivity index (χ0) is 23.4. The Kier molecular flexibility index (Phi) is 7.57. The molecule has 0 bridgehead atoms. The van der Waals surface area contributed by atoms with Crippen molar-refractivity contribution in [3.63, 3.8) is 0 Å². The first kappa shape index (κ1) is 24.2. The lowest BCUT2D eigenvalue weighted by molar-refractivity contribution is 0.300. The number of hydrogen-bond acceptors (Lipinski definition) is 2. The largest absolute Gasteiger partial charge is 0.488 e. The fraction of sp³-hybridized carbons (Fsp3) is 0.345. The minimum atomic E-state index is -0.0308. The topological polar surface area (TPSA) is 21.6 Å². The summed E-state index contributed by atoms with van der Waals surface area (Å²) in [7, 11) is 2.31. The van der Waals surface area contributed by atoms with E-state index in [-0.39, 0.29) is 10.8 Å². The van der Waals surface area contributed by atoms with E-state index in [0.717, 1.165) is 5.75 Å². The number of ether oxygens (including phenoxy) is 1. The predicted molar refractivity (Wildman–Crippen MR) is 142 cm³/mol. The summed E-state index contributed by atoms with van der Waals surface area (Å²) in [6.07, 6.45) is 1.95. The van der Waals surface area contributed by atoms with Gasteiger partial charge in [0.25, 0.3) is 0 Å². The molecule has 3 heteroatoms. The lowest BCUT2D eigenvalue weighted by atomic mass is 9.80. The van der Waals surface area contributed by atoms with Gasteiger partial charge in [-0.3, -0.25) is 4.99 Å². The molecule has 3 aromatic carbocycles. The van der Waals surface area contributed by atoms with Gasteiger partial charge in [0.15, 0.2) is 0 Å². The first-order chi connectivity index (χ1) is 15.1. The average Bonchev–Trinajstić information content (AvgIpc) is 2.73. The van der Waals surface area contributed by atoms with Crippen LogP contribution < -0.4 is 15.3 Å². The smallest absolute Gasteiger partial charge is 0.131 e. The number of aliphatic imine (C=N–C) groups is 1. The maximum absolute atomic E-state index is 6.59. The number of rotatable bonds is 6. The highest BCUT2D eigenvalue weighted by Gasteiger charge is 2.26. The Bertz CT molecular complexity index is 1070. The molecule has 0 fully saturated rings. The molecule has 0 saturated heterocycles. The fourth-order valence-corrected chi connectivity index (χ4v) is 4.91. The molecule has 3 rings (SSSR count). The zero-order valence-corrected chi connectivity index (χ0v) is 21.5. The van der Waals surface area contributed by atoms with Crippen LogP contribution in [-0.2, 0) is 17.4 Å². The molecule has 1 unspecified atom stereocenters. The summed E-state index contributed by atoms with van der Waals surface area (Å²) in [5.74, 6) is 1.02. The van der Waals surface area contributed by atoms with Gasteiger partial charge in [-0.25, -0.2) is 0 Å². The molecule has 168 valence electrons. The van der Waals surface area contributed by atoms with Crippen molar-refractivity contribution in [2.24, 2.45) is 4.99 Å². The summed E-state index contributed by atoms with van der Waals surface area (Å²) < 4.78 is 6.59. The molecule has 3 aromatic rings. The molecule has 32 heavy (non-hydrogen) atoms. The second kappa shape index (κ2) is 10.0. The summed E-state index contributed by atoms with van der Waals surface area (Å²) in [6.45, 7) is 14.2. The molecule has 0 N–H and O–H groups in total. The molecule has 0 spiro atoms. The second-order valence-corrected chi connectivity index (χ2v) is 11.6. The lowest BCUT2D eigenvalue weighted by Crippen LogP contribution is -2.23. The molecular weight excluding hydrogens is 409 g/mol. The van der Waals surface area contributed by atoms with Crippen LogP contribution in [0.25, 0.3) is 0 Å². The van der Waals surface area contributed by atoms with Crippen molar-refractivity contribution in [2.45, 2.75) is 59.0 Å². The summed E-state index contributed by atoms with van der Waals surface area (Å²) in [6, 6.07) is 23.6. The Labute approximate surface area is 195 Å². The van der Waals surface area contributed by atoms with E-state index in [2.05, 4.69) is 107 Å². The fourth-order valence-electron chi connectivity index (χ4n) is 3.60. The van der Waals surface area contributed by atoms with Gasteiger partial charge in [0.05, 0.1) is 0 Å². The third-order valence-electron chi connectivity index (χ3n) is 5.49. The Morgan fingerprint density at radius 1 is 0.812 bits per heavy atom. The van der Waals surface area contributed by atoms with Crippen LogP contribution in [0.1, 0.15) is 63.8 Å². The molecule has 0 aliphatic rings. The monoisotopic (exact) mass is 445 g/mol. The Balaban J connectivity index is 2.15. The summed E-state index contributed by atoms with van der Waals surface area (Å²) >= 11 is 0. The predicted octanol–water partition coefficient (Wildman–Crippen LogP) is 6.54. The van der Waals surface area contributed by atoms with Gasteiger partial charge in [-0.2, -0.15) is 0 Å². The van der Waals surface area contributed by atoms with E-state index in [1.165, 1.54) is 32.9 Å². The molecule has 1 atom stereocenters. The molecule has 0 radical (unpaired) electrons. The van der Waals surface area contributed by atoms with E-state index >= 15 is 0 Å². The van der Waals surface area contributed by atoms with Crippen LogP contribution in [0.2, 0.25) is 0 Å². The Morgan fingerprint density at radius 2 is 1.47 bits per heavy atom. The normalized spacial score (nSPS) is 12.7. The maximum atomic E-state index is 6.59. The van der Waals surface area contributed by atoms with E-state index < -0.39 is 0 Å². The number of nitrogens with zero attached hydrogens (tertiary/aromatic N) is 1. The first-order valence-electron chi connectivity index (χ1n) is 11.2. The molecule has 2 nitrogen and oxygen atoms in total. The van der Waals surface area contributed by atoms with Gasteiger partial charge in [-0.15, -0.1) is 0 Å². The Hall–Kier alpha value is -2.44. The molecule has 0 amide bonds. The lowest BCUT2D eigenvalue weighted by Gasteiger charge is -2.29. The summed E-state index contributed by atoms with van der Waals surface area (Å²) in [4.78, 5) is 4.27. The van der Waals surface area contributed by atoms with Crippen LogP contribution in [-0.4, -0.2) is 13.3 Å². The highest BCUT2D eigenvalue weighted by atomic mass is 31.1. The number of benzene rings is 3. The van der Waals surface area contributed by atoms with Crippen molar-refractivity contribution in [1.82, 2.24) is 0 Å². The van der Waals surface area contributed by atoms with Crippen LogP contribution in [0.5, 0.6) is 5.75 Å². The minimum absolute atomic E-state index is 0.0308. The van der Waals surface area contributed by atoms with E-state index in [4.69, 9.17) is 4.74 Å². The van der Waals surface area contributed by atoms with Crippen molar-refractivity contribution in [2.75, 3.05) is 7.05 Å². The highest BCUT2D eigenvalue weighted by Crippen LogP contribution is 2.37. The van der Waals surface area contributed by atoms with Crippen LogP contribution in [0.3, 0.4) is 0 Å². The van der Waals surface area contributed by atoms with Crippen LogP contribution in [0.15, 0.2) is 71.7 Å². The standard InChI is InChI=1S/C29H36NOP/c1-28(2,3)23-17-24(29(4,5)6)27(31-20-21-13-9-8-10-14-21)26(18-23)32-25-16-12-11-15-22(25)19-30-7/h8-19,32H,20H2,1-7H3/b30-19+. The summed E-state index contributed by atoms with van der Waals surface area (Å²) in [5.41, 5.74) is 4.99. The zero-order valence-electron chi connectivity index (χ0n) is 20.5. The van der Waals surface area contributed by atoms with Gasteiger partial charge < -0.3 is 4.74 Å². The van der Waals surface area contributed by atoms with Crippen molar-refractivity contribution >= 4 is 25.4 Å². The van der Waals surface area contributed by atoms with E-state index in [1.807, 2.05) is 19.3 Å². The maximum Gasteiger partial charge on any atom is 0.131 e. The van der Waals surface area contributed by atoms with Gasteiger partial charge in [0.2, 0.25) is 0 Å². The number of hydrogen-bond donors (Lipinski definition) is 0. The van der Waals surface area contributed by atoms with Crippen LogP contribution in [0, 0.1) is 0 Å². The molecule has 0 aromatic heterocycles. The third kappa shape index (κ3) is 6.08. The van der Waals surface area contributed by atoms with Gasteiger partial charge in [-0.05, 0) is 38.9 Å². The van der Waals surface area contributed by atoms with Crippen LogP contribution in [0.4, 0.5) is 0 Å². The van der Waals surface area contributed by atoms with Gasteiger partial charge in [0, 0.05) is 24.1 Å². The minimum Gasteiger partial charge on any atom is -0.488 e. The third-order valence-corrected chi connectivity index (χ3v) is 6.85. The molecular formula is C29H36NOP. The van der Waals surface area contributed by atoms with E-state index in [0.29, 0.717) is 15.2 Å². The quantitative estimate of drug-likeness (QED) is 0.312. The van der Waals surface area contributed by atoms with E-state index in [1.54, 1.807) is 0 Å². The van der Waals surface area contributed by atoms with Crippen molar-refractivity contribution < 1.29 is 4.74 Å². The first-order valence-corrected chi connectivity index (χ1v) is 12.2. The molecule has 0 aliphatic heterocycles. The second-order valence-electron chi connectivity index (χ2n) is 10.3. The highest BCUT2D eigenvalue weighted by molar-refractivity contribution is 7.56. The Morgan fingerprint density at radius 3 is 2.09 bits per heavy atom. The van der Waals surface area contributed by atoms with Crippen molar-refractivity contribution in [3.8, 4) is 5.75 Å². The van der Waals surface area contributed by atoms with E-state index in [9.17, 15) is 0 Å². The summed E-state index contributed by atoms with van der Waals surface area (Å²) in [5, 5.41) is 2.55. The SMILES string of the molecule is C/N=C/c1ccccc1Pc1cc(C(C)(C)C)cc(C(C)(C)C)c1OCc1ccccc1. The van der Waals surface area contributed by atoms with Gasteiger partial charge >= 0.3 is 0 Å². The van der Waals surface area contributed by atoms with Crippen molar-refractivity contribution in [3.05, 3.63) is 89.0 Å². The molecule has 0 heterocycles. The van der Waals surface area contributed by atoms with Gasteiger partial charge in [0.1, 0.15) is 12.4 Å². The van der Waals surface area contributed by atoms with Crippen LogP contribution >= 0.6 is 8.58 Å².